The number of esters is 2. The molecule has 252 valence electrons. The zero-order valence-corrected chi connectivity index (χ0v) is 26.6. The van der Waals surface area contributed by atoms with Crippen LogP contribution in [0.3, 0.4) is 0 Å². The van der Waals surface area contributed by atoms with E-state index < -0.39 is 100 Å². The number of carbonyl (C=O) groups excluding carboxylic acids is 3. The first kappa shape index (κ1) is 31.9. The number of benzene rings is 1. The zero-order valence-electron chi connectivity index (χ0n) is 26.6. The second-order valence-electron chi connectivity index (χ2n) is 14.1. The Kier molecular flexibility index (Phi) is 7.41. The first-order chi connectivity index (χ1) is 22.0. The van der Waals surface area contributed by atoms with Crippen molar-refractivity contribution in [2.24, 2.45) is 34.5 Å². The molecule has 7 bridgehead atoms. The lowest BCUT2D eigenvalue weighted by molar-refractivity contribution is -0.319. The fourth-order valence-electron chi connectivity index (χ4n) is 12.0. The van der Waals surface area contributed by atoms with Gasteiger partial charge in [-0.3, -0.25) is 9.59 Å². The molecule has 0 radical (unpaired) electrons. The van der Waals surface area contributed by atoms with Crippen LogP contribution in [0.15, 0.2) is 30.3 Å². The molecule has 1 aliphatic heterocycles. The van der Waals surface area contributed by atoms with Crippen molar-refractivity contribution in [3.63, 3.8) is 0 Å². The first-order valence-electron chi connectivity index (χ1n) is 15.8. The van der Waals surface area contributed by atoms with Crippen LogP contribution >= 0.6 is 0 Å². The molecule has 7 rings (SSSR count). The van der Waals surface area contributed by atoms with Crippen LogP contribution in [0, 0.1) is 34.5 Å². The van der Waals surface area contributed by atoms with Gasteiger partial charge in [0.25, 0.3) is 0 Å². The molecule has 5 saturated carbocycles. The molecule has 1 spiro atoms. The van der Waals surface area contributed by atoms with Crippen molar-refractivity contribution in [2.75, 3.05) is 41.6 Å². The van der Waals surface area contributed by atoms with Crippen LogP contribution in [0.4, 0.5) is 0 Å². The first-order valence-corrected chi connectivity index (χ1v) is 15.8. The lowest BCUT2D eigenvalue weighted by Crippen LogP contribution is -2.81. The maximum absolute atomic E-state index is 13.7. The third-order valence-corrected chi connectivity index (χ3v) is 12.8. The number of aliphatic hydroxyl groups is 3. The SMILES string of the molecule is COC[C@]12CN(C=O)[C@@H]3C4C(OC)[C@H]1C3(C(OC)C[C@H]2O)[C@@H]1C[C@@]2(O)C(OC(=O)c3ccccc3)[C@@H]1[C@]4(OC(C)=O)C(O)[C@@H]2OC. The summed E-state index contributed by atoms with van der Waals surface area (Å²) in [4.78, 5) is 41.6. The molecule has 13 heteroatoms. The molecular weight excluding hydrogens is 602 g/mol. The molecule has 6 fully saturated rings. The molecular formula is C33H43NO12. The summed E-state index contributed by atoms with van der Waals surface area (Å²) >= 11 is 0. The molecule has 5 aliphatic carbocycles. The number of carbonyl (C=O) groups is 3. The molecule has 1 aromatic carbocycles. The fourth-order valence-corrected chi connectivity index (χ4v) is 12.0. The van der Waals surface area contributed by atoms with Crippen molar-refractivity contribution in [2.45, 2.75) is 73.6 Å². The number of hydrogen-bond acceptors (Lipinski definition) is 12. The predicted molar refractivity (Wildman–Crippen MR) is 156 cm³/mol. The quantitative estimate of drug-likeness (QED) is 0.239. The third-order valence-electron chi connectivity index (χ3n) is 12.8. The van der Waals surface area contributed by atoms with Crippen LogP contribution in [0.25, 0.3) is 0 Å². The van der Waals surface area contributed by atoms with Gasteiger partial charge in [0, 0.05) is 83.0 Å². The number of hydrogen-bond donors (Lipinski definition) is 3. The maximum atomic E-state index is 13.7. The number of nitrogens with zero attached hydrogens (tertiary/aromatic N) is 1. The number of methoxy groups -OCH3 is 4. The number of rotatable bonds is 9. The summed E-state index contributed by atoms with van der Waals surface area (Å²) in [7, 11) is 5.95. The highest BCUT2D eigenvalue weighted by Crippen LogP contribution is 2.80. The highest BCUT2D eigenvalue weighted by atomic mass is 16.6. The van der Waals surface area contributed by atoms with Crippen LogP contribution in [0.5, 0.6) is 0 Å². The monoisotopic (exact) mass is 645 g/mol. The Morgan fingerprint density at radius 3 is 2.33 bits per heavy atom. The highest BCUT2D eigenvalue weighted by molar-refractivity contribution is 5.89. The predicted octanol–water partition coefficient (Wildman–Crippen LogP) is -0.215. The number of amides is 1. The summed E-state index contributed by atoms with van der Waals surface area (Å²) in [6, 6.07) is 7.64. The summed E-state index contributed by atoms with van der Waals surface area (Å²) in [5.41, 5.74) is -5.54. The number of piperidine rings is 1. The number of fused-ring (bicyclic) bond motifs is 2. The average Bonchev–Trinajstić information content (AvgIpc) is 3.41. The van der Waals surface area contributed by atoms with Gasteiger partial charge in [0.1, 0.15) is 23.9 Å². The van der Waals surface area contributed by atoms with Gasteiger partial charge in [0.15, 0.2) is 5.60 Å². The Morgan fingerprint density at radius 1 is 1.02 bits per heavy atom. The van der Waals surface area contributed by atoms with Crippen molar-refractivity contribution in [3.05, 3.63) is 35.9 Å². The second kappa shape index (κ2) is 10.7. The van der Waals surface area contributed by atoms with Crippen LogP contribution in [0.1, 0.15) is 30.1 Å². The Morgan fingerprint density at radius 2 is 1.74 bits per heavy atom. The average molecular weight is 646 g/mol. The van der Waals surface area contributed by atoms with Crippen molar-refractivity contribution >= 4 is 18.3 Å². The van der Waals surface area contributed by atoms with E-state index in [4.69, 9.17) is 28.4 Å². The van der Waals surface area contributed by atoms with Gasteiger partial charge in [0.2, 0.25) is 6.41 Å². The Labute approximate surface area is 267 Å². The summed E-state index contributed by atoms with van der Waals surface area (Å²) < 4.78 is 36.8. The molecule has 3 N–H and O–H groups in total. The molecule has 15 atom stereocenters. The van der Waals surface area contributed by atoms with Gasteiger partial charge < -0.3 is 48.6 Å². The van der Waals surface area contributed by atoms with Gasteiger partial charge in [-0.15, -0.1) is 0 Å². The Bertz CT molecular complexity index is 1400. The molecule has 0 aromatic heterocycles. The number of ether oxygens (including phenoxy) is 6. The summed E-state index contributed by atoms with van der Waals surface area (Å²) in [6.07, 6.45) is -5.77. The van der Waals surface area contributed by atoms with Gasteiger partial charge in [-0.1, -0.05) is 18.2 Å². The molecule has 1 saturated heterocycles. The van der Waals surface area contributed by atoms with E-state index in [0.717, 1.165) is 6.41 Å². The normalized spacial score (nSPS) is 49.4. The molecule has 1 amide bonds. The number of aliphatic hydroxyl groups excluding tert-OH is 2. The summed E-state index contributed by atoms with van der Waals surface area (Å²) in [6.45, 7) is 1.44. The van der Waals surface area contributed by atoms with Crippen LogP contribution in [-0.2, 0) is 38.0 Å². The second-order valence-corrected chi connectivity index (χ2v) is 14.1. The largest absolute Gasteiger partial charge is 0.455 e. The van der Waals surface area contributed by atoms with Gasteiger partial charge in [-0.25, -0.2) is 4.79 Å². The smallest absolute Gasteiger partial charge is 0.338 e. The van der Waals surface area contributed by atoms with Crippen molar-refractivity contribution in [1.29, 1.82) is 0 Å². The minimum atomic E-state index is -1.92. The molecule has 1 heterocycles. The Hall–Kier alpha value is -2.65. The molecule has 46 heavy (non-hydrogen) atoms. The van der Waals surface area contributed by atoms with E-state index in [1.54, 1.807) is 42.3 Å². The minimum Gasteiger partial charge on any atom is -0.455 e. The van der Waals surface area contributed by atoms with Gasteiger partial charge in [-0.05, 0) is 24.5 Å². The minimum absolute atomic E-state index is 0.0369. The van der Waals surface area contributed by atoms with Crippen molar-refractivity contribution in [3.8, 4) is 0 Å². The maximum Gasteiger partial charge on any atom is 0.338 e. The van der Waals surface area contributed by atoms with E-state index in [-0.39, 0.29) is 31.6 Å². The van der Waals surface area contributed by atoms with Crippen LogP contribution in [0.2, 0.25) is 0 Å². The Balaban J connectivity index is 1.53. The van der Waals surface area contributed by atoms with E-state index >= 15 is 0 Å². The lowest BCUT2D eigenvalue weighted by atomic mass is 9.42. The molecule has 1 aromatic rings. The topological polar surface area (TPSA) is 171 Å². The molecule has 6 aliphatic rings. The van der Waals surface area contributed by atoms with Gasteiger partial charge >= 0.3 is 11.9 Å². The fraction of sp³-hybridized carbons (Fsp3) is 0.727. The van der Waals surface area contributed by atoms with E-state index in [1.165, 1.54) is 28.3 Å². The summed E-state index contributed by atoms with van der Waals surface area (Å²) in [5, 5.41) is 37.0. The van der Waals surface area contributed by atoms with Crippen LogP contribution in [-0.4, -0.2) is 134 Å². The van der Waals surface area contributed by atoms with Gasteiger partial charge in [0.05, 0.1) is 30.5 Å². The van der Waals surface area contributed by atoms with Gasteiger partial charge in [-0.2, -0.15) is 0 Å². The number of likely N-dealkylation sites (tertiary alicyclic amines) is 1. The highest BCUT2D eigenvalue weighted by Gasteiger charge is 2.92. The van der Waals surface area contributed by atoms with Crippen LogP contribution < -0.4 is 0 Å². The molecule has 6 unspecified atom stereocenters. The van der Waals surface area contributed by atoms with E-state index in [9.17, 15) is 29.7 Å². The zero-order chi connectivity index (χ0) is 33.0. The van der Waals surface area contributed by atoms with E-state index in [2.05, 4.69) is 0 Å². The van der Waals surface area contributed by atoms with Crippen molar-refractivity contribution < 1.29 is 58.1 Å². The third kappa shape index (κ3) is 3.52. The van der Waals surface area contributed by atoms with E-state index in [1.807, 2.05) is 0 Å². The standard InChI is InChI=1S/C33H43NO12/c1-16(36)46-33-21-18(12-31(40,28(44-5)26(33)38)27(21)45-29(39)17-9-7-6-8-10-17)32-20(42-3)11-19(37)30(14-41-2)13-34(15-35)25(32)22(33)23(43-4)24(30)32/h6-10,15,18-28,37-38,40H,11-14H2,1-5H3/t18-,19-,20?,21-,22?,23?,24-,25-,26?,27?,28+,30+,31-,32?,33-/m1/s1. The molecule has 13 nitrogen and oxygen atoms in total. The lowest BCUT2D eigenvalue weighted by Gasteiger charge is -2.69. The van der Waals surface area contributed by atoms with Crippen molar-refractivity contribution in [1.82, 2.24) is 4.90 Å². The van der Waals surface area contributed by atoms with E-state index in [0.29, 0.717) is 0 Å². The summed E-state index contributed by atoms with van der Waals surface area (Å²) in [5.74, 6) is -4.46.